The normalized spacial score (nSPS) is 22.7. The third-order valence-electron chi connectivity index (χ3n) is 5.32. The van der Waals surface area contributed by atoms with Crippen LogP contribution in [0, 0.1) is 5.92 Å². The van der Waals surface area contributed by atoms with E-state index in [9.17, 15) is 14.7 Å². The van der Waals surface area contributed by atoms with Gasteiger partial charge in [-0.15, -0.1) is 0 Å². The zero-order valence-corrected chi connectivity index (χ0v) is 14.1. The van der Waals surface area contributed by atoms with Gasteiger partial charge in [0, 0.05) is 13.1 Å². The molecule has 1 aromatic rings. The Morgan fingerprint density at radius 3 is 2.42 bits per heavy atom. The fourth-order valence-corrected chi connectivity index (χ4v) is 3.90. The van der Waals surface area contributed by atoms with E-state index in [-0.39, 0.29) is 12.5 Å². The second kappa shape index (κ2) is 7.79. The molecule has 2 aliphatic rings. The first-order chi connectivity index (χ1) is 11.6. The summed E-state index contributed by atoms with van der Waals surface area (Å²) in [6, 6.07) is 10.0. The van der Waals surface area contributed by atoms with Gasteiger partial charge < -0.3 is 10.0 Å². The van der Waals surface area contributed by atoms with Crippen LogP contribution in [0.1, 0.15) is 31.2 Å². The molecule has 3 rings (SSSR count). The van der Waals surface area contributed by atoms with Crippen LogP contribution in [0.2, 0.25) is 0 Å². The Morgan fingerprint density at radius 1 is 1.04 bits per heavy atom. The lowest BCUT2D eigenvalue weighted by atomic mass is 9.90. The van der Waals surface area contributed by atoms with Crippen molar-refractivity contribution in [2.45, 2.75) is 38.1 Å². The van der Waals surface area contributed by atoms with Crippen molar-refractivity contribution in [1.29, 1.82) is 0 Å². The zero-order chi connectivity index (χ0) is 16.9. The second-order valence-electron chi connectivity index (χ2n) is 6.98. The average Bonchev–Trinajstić information content (AvgIpc) is 3.05. The number of hydrogen-bond acceptors (Lipinski definition) is 3. The number of amides is 1. The van der Waals surface area contributed by atoms with E-state index in [1.807, 2.05) is 15.9 Å². The summed E-state index contributed by atoms with van der Waals surface area (Å²) in [7, 11) is 0. The van der Waals surface area contributed by atoms with Gasteiger partial charge in [0.05, 0.1) is 6.54 Å². The molecule has 0 saturated carbocycles. The Bertz CT molecular complexity index is 567. The summed E-state index contributed by atoms with van der Waals surface area (Å²) in [5.74, 6) is -0.0850. The Hall–Kier alpha value is -1.88. The first-order valence-corrected chi connectivity index (χ1v) is 8.92. The monoisotopic (exact) mass is 330 g/mol. The summed E-state index contributed by atoms with van der Waals surface area (Å²) in [6.07, 6.45) is 4.66. The number of likely N-dealkylation sites (tertiary alicyclic amines) is 2. The van der Waals surface area contributed by atoms with Crippen LogP contribution in [0.3, 0.4) is 0 Å². The lowest BCUT2D eigenvalue weighted by Crippen LogP contribution is -2.47. The molecule has 0 radical (unpaired) electrons. The number of aliphatic carboxylic acids is 1. The predicted octanol–water partition coefficient (Wildman–Crippen LogP) is 2.02. The minimum absolute atomic E-state index is 0.0845. The highest BCUT2D eigenvalue weighted by molar-refractivity contribution is 5.80. The lowest BCUT2D eigenvalue weighted by molar-refractivity contribution is -0.143. The highest BCUT2D eigenvalue weighted by Crippen LogP contribution is 2.23. The van der Waals surface area contributed by atoms with E-state index in [0.717, 1.165) is 38.8 Å². The third kappa shape index (κ3) is 4.15. The van der Waals surface area contributed by atoms with Crippen LogP contribution in [0.4, 0.5) is 0 Å². The summed E-state index contributed by atoms with van der Waals surface area (Å²) in [6.45, 7) is 2.55. The fraction of sp³-hybridized carbons (Fsp3) is 0.579. The van der Waals surface area contributed by atoms with Crippen LogP contribution in [0.5, 0.6) is 0 Å². The lowest BCUT2D eigenvalue weighted by Gasteiger charge is -2.33. The molecule has 0 aromatic heterocycles. The van der Waals surface area contributed by atoms with Crippen molar-refractivity contribution in [3.05, 3.63) is 35.9 Å². The van der Waals surface area contributed by atoms with E-state index in [4.69, 9.17) is 0 Å². The minimum Gasteiger partial charge on any atom is -0.480 e. The highest BCUT2D eigenvalue weighted by atomic mass is 16.4. The van der Waals surface area contributed by atoms with Crippen LogP contribution in [0.25, 0.3) is 0 Å². The molecule has 5 heteroatoms. The molecule has 5 nitrogen and oxygen atoms in total. The number of piperidine rings is 1. The number of nitrogens with zero attached hydrogens (tertiary/aromatic N) is 2. The summed E-state index contributed by atoms with van der Waals surface area (Å²) in [5.41, 5.74) is 1.36. The Kier molecular flexibility index (Phi) is 5.51. The van der Waals surface area contributed by atoms with Crippen molar-refractivity contribution in [2.75, 3.05) is 26.2 Å². The molecule has 2 fully saturated rings. The fourth-order valence-electron chi connectivity index (χ4n) is 3.90. The number of carbonyl (C=O) groups excluding carboxylic acids is 1. The van der Waals surface area contributed by atoms with Gasteiger partial charge in [-0.25, -0.2) is 0 Å². The van der Waals surface area contributed by atoms with Gasteiger partial charge in [0.2, 0.25) is 5.91 Å². The molecule has 0 aliphatic carbocycles. The second-order valence-corrected chi connectivity index (χ2v) is 6.98. The molecule has 130 valence electrons. The SMILES string of the molecule is O=C(O)C1CCCN1CC(=O)N1CCC(Cc2ccccc2)CC1. The van der Waals surface area contributed by atoms with Gasteiger partial charge in [0.25, 0.3) is 0 Å². The molecule has 1 aromatic carbocycles. The van der Waals surface area contributed by atoms with Crippen molar-refractivity contribution in [2.24, 2.45) is 5.92 Å². The largest absolute Gasteiger partial charge is 0.480 e. The van der Waals surface area contributed by atoms with Crippen LogP contribution in [-0.4, -0.2) is 59.0 Å². The van der Waals surface area contributed by atoms with E-state index < -0.39 is 12.0 Å². The standard InChI is InChI=1S/C19H26N2O3/c22-18(14-21-10-4-7-17(21)19(23)24)20-11-8-16(9-12-20)13-15-5-2-1-3-6-15/h1-3,5-6,16-17H,4,7-14H2,(H,23,24). The number of carbonyl (C=O) groups is 2. The maximum atomic E-state index is 12.5. The Morgan fingerprint density at radius 2 is 1.75 bits per heavy atom. The molecule has 1 amide bonds. The Labute approximate surface area is 143 Å². The topological polar surface area (TPSA) is 60.9 Å². The van der Waals surface area contributed by atoms with Gasteiger partial charge >= 0.3 is 5.97 Å². The molecule has 0 spiro atoms. The van der Waals surface area contributed by atoms with Gasteiger partial charge in [-0.05, 0) is 50.1 Å². The van der Waals surface area contributed by atoms with Crippen LogP contribution in [0.15, 0.2) is 30.3 Å². The van der Waals surface area contributed by atoms with Crippen molar-refractivity contribution < 1.29 is 14.7 Å². The number of rotatable bonds is 5. The van der Waals surface area contributed by atoms with E-state index in [1.165, 1.54) is 5.56 Å². The van der Waals surface area contributed by atoms with Crippen LogP contribution in [-0.2, 0) is 16.0 Å². The zero-order valence-electron chi connectivity index (χ0n) is 14.1. The average molecular weight is 330 g/mol. The van der Waals surface area contributed by atoms with E-state index >= 15 is 0 Å². The van der Waals surface area contributed by atoms with Crippen molar-refractivity contribution in [1.82, 2.24) is 9.80 Å². The van der Waals surface area contributed by atoms with Crippen molar-refractivity contribution in [3.8, 4) is 0 Å². The molecule has 1 atom stereocenters. The Balaban J connectivity index is 1.46. The van der Waals surface area contributed by atoms with Crippen LogP contribution < -0.4 is 0 Å². The first-order valence-electron chi connectivity index (χ1n) is 8.92. The maximum Gasteiger partial charge on any atom is 0.320 e. The number of hydrogen-bond donors (Lipinski definition) is 1. The van der Waals surface area contributed by atoms with E-state index in [0.29, 0.717) is 18.9 Å². The van der Waals surface area contributed by atoms with Crippen molar-refractivity contribution in [3.63, 3.8) is 0 Å². The summed E-state index contributed by atoms with van der Waals surface area (Å²) in [5, 5.41) is 9.22. The van der Waals surface area contributed by atoms with Gasteiger partial charge in [0.1, 0.15) is 6.04 Å². The highest BCUT2D eigenvalue weighted by Gasteiger charge is 2.33. The summed E-state index contributed by atoms with van der Waals surface area (Å²) in [4.78, 5) is 27.4. The quantitative estimate of drug-likeness (QED) is 0.897. The minimum atomic E-state index is -0.804. The van der Waals surface area contributed by atoms with Gasteiger partial charge in [-0.3, -0.25) is 14.5 Å². The number of carboxylic acid groups (broad SMARTS) is 1. The predicted molar refractivity (Wildman–Crippen MR) is 91.7 cm³/mol. The molecule has 0 bridgehead atoms. The molecular formula is C19H26N2O3. The van der Waals surface area contributed by atoms with Crippen molar-refractivity contribution >= 4 is 11.9 Å². The molecule has 1 unspecified atom stereocenters. The summed E-state index contributed by atoms with van der Waals surface area (Å²) < 4.78 is 0. The third-order valence-corrected chi connectivity index (χ3v) is 5.32. The van der Waals surface area contributed by atoms with E-state index in [2.05, 4.69) is 24.3 Å². The molecule has 1 N–H and O–H groups in total. The maximum absolute atomic E-state index is 12.5. The van der Waals surface area contributed by atoms with Gasteiger partial charge in [0.15, 0.2) is 0 Å². The number of carboxylic acids is 1. The number of benzene rings is 1. The molecule has 2 aliphatic heterocycles. The van der Waals surface area contributed by atoms with Gasteiger partial charge in [-0.1, -0.05) is 30.3 Å². The molecule has 2 heterocycles. The summed E-state index contributed by atoms with van der Waals surface area (Å²) >= 11 is 0. The van der Waals surface area contributed by atoms with Gasteiger partial charge in [-0.2, -0.15) is 0 Å². The molecular weight excluding hydrogens is 304 g/mol. The molecule has 24 heavy (non-hydrogen) atoms. The smallest absolute Gasteiger partial charge is 0.320 e. The first kappa shape index (κ1) is 17.0. The van der Waals surface area contributed by atoms with E-state index in [1.54, 1.807) is 0 Å². The van der Waals surface area contributed by atoms with Crippen LogP contribution >= 0.6 is 0 Å². The molecule has 2 saturated heterocycles.